The first kappa shape index (κ1) is 12.9. The van der Waals surface area contributed by atoms with E-state index in [1.54, 1.807) is 11.8 Å². The molecule has 1 aromatic heterocycles. The Morgan fingerprint density at radius 1 is 1.22 bits per heavy atom. The van der Waals surface area contributed by atoms with Gasteiger partial charge in [0.25, 0.3) is 0 Å². The van der Waals surface area contributed by atoms with Gasteiger partial charge in [-0.3, -0.25) is 0 Å². The molecule has 1 aromatic carbocycles. The molecular formula is C14H15NO2S. The van der Waals surface area contributed by atoms with Gasteiger partial charge >= 0.3 is 5.97 Å². The van der Waals surface area contributed by atoms with E-state index >= 15 is 0 Å². The summed E-state index contributed by atoms with van der Waals surface area (Å²) in [5.41, 5.74) is 0.254. The van der Waals surface area contributed by atoms with Crippen LogP contribution in [0, 0.1) is 0 Å². The van der Waals surface area contributed by atoms with Crippen molar-refractivity contribution < 1.29 is 9.90 Å². The SMILES string of the molecule is CC(C)(C)Sc1ncc(C(=O)O)c2ccccc12. The first-order valence-electron chi connectivity index (χ1n) is 5.68. The van der Waals surface area contributed by atoms with Gasteiger partial charge in [-0.1, -0.05) is 56.8 Å². The van der Waals surface area contributed by atoms with Crippen LogP contribution in [0.15, 0.2) is 35.5 Å². The molecule has 4 heteroatoms. The smallest absolute Gasteiger partial charge is 0.337 e. The van der Waals surface area contributed by atoms with Crippen LogP contribution in [0.3, 0.4) is 0 Å². The molecule has 0 aliphatic carbocycles. The molecule has 0 radical (unpaired) electrons. The summed E-state index contributed by atoms with van der Waals surface area (Å²) in [6.07, 6.45) is 1.44. The Morgan fingerprint density at radius 2 is 1.83 bits per heavy atom. The first-order valence-corrected chi connectivity index (χ1v) is 6.50. The topological polar surface area (TPSA) is 50.2 Å². The summed E-state index contributed by atoms with van der Waals surface area (Å²) in [5, 5.41) is 11.7. The highest BCUT2D eigenvalue weighted by molar-refractivity contribution is 8.00. The van der Waals surface area contributed by atoms with E-state index < -0.39 is 5.97 Å². The third-order valence-electron chi connectivity index (χ3n) is 2.39. The Balaban J connectivity index is 2.65. The van der Waals surface area contributed by atoms with Crippen molar-refractivity contribution in [3.05, 3.63) is 36.0 Å². The number of rotatable bonds is 2. The van der Waals surface area contributed by atoms with E-state index in [4.69, 9.17) is 5.11 Å². The zero-order chi connectivity index (χ0) is 13.3. The summed E-state index contributed by atoms with van der Waals surface area (Å²) >= 11 is 1.65. The van der Waals surface area contributed by atoms with Crippen LogP contribution < -0.4 is 0 Å². The fraction of sp³-hybridized carbons (Fsp3) is 0.286. The Labute approximate surface area is 110 Å². The molecule has 0 fully saturated rings. The van der Waals surface area contributed by atoms with Crippen molar-refractivity contribution in [2.75, 3.05) is 0 Å². The predicted octanol–water partition coefficient (Wildman–Crippen LogP) is 3.82. The van der Waals surface area contributed by atoms with E-state index in [2.05, 4.69) is 25.8 Å². The quantitative estimate of drug-likeness (QED) is 0.835. The summed E-state index contributed by atoms with van der Waals surface area (Å²) in [5.74, 6) is -0.939. The van der Waals surface area contributed by atoms with Crippen LogP contribution in [-0.2, 0) is 0 Å². The predicted molar refractivity (Wildman–Crippen MR) is 74.3 cm³/mol. The molecule has 0 amide bonds. The highest BCUT2D eigenvalue weighted by Gasteiger charge is 2.17. The van der Waals surface area contributed by atoms with Gasteiger partial charge in [-0.2, -0.15) is 0 Å². The molecular weight excluding hydrogens is 246 g/mol. The number of benzene rings is 1. The van der Waals surface area contributed by atoms with Gasteiger partial charge < -0.3 is 5.11 Å². The molecule has 2 aromatic rings. The number of aromatic nitrogens is 1. The third kappa shape index (κ3) is 2.64. The number of aromatic carboxylic acids is 1. The van der Waals surface area contributed by atoms with Gasteiger partial charge in [0.05, 0.1) is 5.56 Å². The van der Waals surface area contributed by atoms with Crippen LogP contribution in [0.5, 0.6) is 0 Å². The number of nitrogens with zero attached hydrogens (tertiary/aromatic N) is 1. The van der Waals surface area contributed by atoms with Crippen LogP contribution in [0.1, 0.15) is 31.1 Å². The number of hydrogen-bond donors (Lipinski definition) is 1. The molecule has 1 N–H and O–H groups in total. The molecule has 3 nitrogen and oxygen atoms in total. The fourth-order valence-electron chi connectivity index (χ4n) is 1.71. The maximum Gasteiger partial charge on any atom is 0.337 e. The Morgan fingerprint density at radius 3 is 2.39 bits per heavy atom. The van der Waals surface area contributed by atoms with Crippen molar-refractivity contribution in [2.24, 2.45) is 0 Å². The van der Waals surface area contributed by atoms with Crippen molar-refractivity contribution >= 4 is 28.5 Å². The van der Waals surface area contributed by atoms with Crippen LogP contribution in [0.25, 0.3) is 10.8 Å². The number of carbonyl (C=O) groups is 1. The lowest BCUT2D eigenvalue weighted by atomic mass is 10.1. The van der Waals surface area contributed by atoms with Gasteiger partial charge in [-0.15, -0.1) is 0 Å². The van der Waals surface area contributed by atoms with E-state index in [1.807, 2.05) is 24.3 Å². The van der Waals surface area contributed by atoms with Gasteiger partial charge in [0.15, 0.2) is 0 Å². The lowest BCUT2D eigenvalue weighted by molar-refractivity contribution is 0.0698. The lowest BCUT2D eigenvalue weighted by Gasteiger charge is -2.18. The number of pyridine rings is 1. The third-order valence-corrected chi connectivity index (χ3v) is 3.52. The van der Waals surface area contributed by atoms with Gasteiger partial charge in [0, 0.05) is 21.7 Å². The maximum absolute atomic E-state index is 11.2. The van der Waals surface area contributed by atoms with Crippen molar-refractivity contribution in [3.8, 4) is 0 Å². The van der Waals surface area contributed by atoms with Crippen molar-refractivity contribution in [1.29, 1.82) is 0 Å². The van der Waals surface area contributed by atoms with E-state index in [1.165, 1.54) is 6.20 Å². The Hall–Kier alpha value is -1.55. The molecule has 0 saturated heterocycles. The largest absolute Gasteiger partial charge is 0.478 e. The van der Waals surface area contributed by atoms with E-state index in [-0.39, 0.29) is 10.3 Å². The minimum atomic E-state index is -0.939. The van der Waals surface area contributed by atoms with Gasteiger partial charge in [-0.25, -0.2) is 9.78 Å². The highest BCUT2D eigenvalue weighted by Crippen LogP contribution is 2.35. The van der Waals surface area contributed by atoms with Crippen molar-refractivity contribution in [3.63, 3.8) is 0 Å². The summed E-state index contributed by atoms with van der Waals surface area (Å²) in [4.78, 5) is 15.5. The second-order valence-electron chi connectivity index (χ2n) is 5.04. The van der Waals surface area contributed by atoms with E-state index in [0.717, 1.165) is 15.8 Å². The molecule has 2 rings (SSSR count). The number of carboxylic acids is 1. The summed E-state index contributed by atoms with van der Waals surface area (Å²) in [7, 11) is 0. The zero-order valence-electron chi connectivity index (χ0n) is 10.6. The Bertz CT molecular complexity index is 602. The number of carboxylic acid groups (broad SMARTS) is 1. The minimum Gasteiger partial charge on any atom is -0.478 e. The van der Waals surface area contributed by atoms with Crippen molar-refractivity contribution in [2.45, 2.75) is 30.5 Å². The molecule has 0 saturated carbocycles. The molecule has 94 valence electrons. The molecule has 1 heterocycles. The molecule has 0 aliphatic rings. The standard InChI is InChI=1S/C14H15NO2S/c1-14(2,3)18-12-10-7-5-4-6-9(10)11(8-15-12)13(16)17/h4-8H,1-3H3,(H,16,17). The Kier molecular flexibility index (Phi) is 3.30. The monoisotopic (exact) mass is 261 g/mol. The molecule has 0 atom stereocenters. The molecule has 18 heavy (non-hydrogen) atoms. The van der Waals surface area contributed by atoms with E-state index in [9.17, 15) is 4.79 Å². The molecule has 0 spiro atoms. The average molecular weight is 261 g/mol. The van der Waals surface area contributed by atoms with E-state index in [0.29, 0.717) is 0 Å². The maximum atomic E-state index is 11.2. The van der Waals surface area contributed by atoms with Crippen molar-refractivity contribution in [1.82, 2.24) is 4.98 Å². The summed E-state index contributed by atoms with van der Waals surface area (Å²) in [6.45, 7) is 6.33. The highest BCUT2D eigenvalue weighted by atomic mass is 32.2. The van der Waals surface area contributed by atoms with Crippen LogP contribution in [-0.4, -0.2) is 20.8 Å². The fourth-order valence-corrected chi connectivity index (χ4v) is 2.68. The summed E-state index contributed by atoms with van der Waals surface area (Å²) < 4.78 is 0.0422. The van der Waals surface area contributed by atoms with Crippen LogP contribution in [0.2, 0.25) is 0 Å². The van der Waals surface area contributed by atoms with Crippen LogP contribution >= 0.6 is 11.8 Å². The minimum absolute atomic E-state index is 0.0422. The molecule has 0 bridgehead atoms. The normalized spacial score (nSPS) is 11.7. The zero-order valence-corrected chi connectivity index (χ0v) is 11.4. The number of fused-ring (bicyclic) bond motifs is 1. The summed E-state index contributed by atoms with van der Waals surface area (Å²) in [6, 6.07) is 7.50. The van der Waals surface area contributed by atoms with Gasteiger partial charge in [-0.05, 0) is 0 Å². The average Bonchev–Trinajstić information content (AvgIpc) is 2.27. The second-order valence-corrected chi connectivity index (χ2v) is 6.86. The first-order chi connectivity index (χ1) is 8.38. The second kappa shape index (κ2) is 4.61. The lowest BCUT2D eigenvalue weighted by Crippen LogP contribution is -2.08. The number of hydrogen-bond acceptors (Lipinski definition) is 3. The van der Waals surface area contributed by atoms with Crippen LogP contribution in [0.4, 0.5) is 0 Å². The van der Waals surface area contributed by atoms with Gasteiger partial charge in [0.2, 0.25) is 0 Å². The number of thioether (sulfide) groups is 1. The van der Waals surface area contributed by atoms with Gasteiger partial charge in [0.1, 0.15) is 5.03 Å². The molecule has 0 unspecified atom stereocenters. The molecule has 0 aliphatic heterocycles.